The summed E-state index contributed by atoms with van der Waals surface area (Å²) in [5.74, 6) is 2.11. The molecule has 0 aromatic heterocycles. The van der Waals surface area contributed by atoms with Crippen LogP contribution in [0.4, 0.5) is 0 Å². The molecule has 1 aliphatic heterocycles. The van der Waals surface area contributed by atoms with Crippen LogP contribution in [0.1, 0.15) is 79.1 Å². The first kappa shape index (κ1) is 22.8. The summed E-state index contributed by atoms with van der Waals surface area (Å²) in [4.78, 5) is 12.9. The number of allylic oxidation sites excluding steroid dienone is 2. The molecule has 6 rings (SSSR count). The number of carbonyl (C=O) groups excluding carboxylic acids is 1. The quantitative estimate of drug-likeness (QED) is 0.485. The van der Waals surface area contributed by atoms with Gasteiger partial charge in [0.15, 0.2) is 0 Å². The van der Waals surface area contributed by atoms with Gasteiger partial charge in [-0.2, -0.15) is 0 Å². The maximum Gasteiger partial charge on any atom is -1.00 e. The van der Waals surface area contributed by atoms with Crippen LogP contribution in [-0.2, 0) is 25.5 Å². The van der Waals surface area contributed by atoms with E-state index in [4.69, 9.17) is 0 Å². The largest absolute Gasteiger partial charge is 1.00 e. The third-order valence-electron chi connectivity index (χ3n) is 10.7. The number of rotatable bonds is 2. The third kappa shape index (κ3) is 1.92. The molecule has 0 radical (unpaired) electrons. The molecule has 1 heterocycles. The summed E-state index contributed by atoms with van der Waals surface area (Å²) in [7, 11) is -0.500. The van der Waals surface area contributed by atoms with E-state index in [0.717, 1.165) is 17.4 Å². The first-order chi connectivity index (χ1) is 12.9. The summed E-state index contributed by atoms with van der Waals surface area (Å²) in [5.41, 5.74) is 5.37. The summed E-state index contributed by atoms with van der Waals surface area (Å²) in [6, 6.07) is 0. The van der Waals surface area contributed by atoms with Gasteiger partial charge < -0.3 is 24.8 Å². The van der Waals surface area contributed by atoms with E-state index >= 15 is 0 Å². The number of fused-ring (bicyclic) bond motifs is 1. The van der Waals surface area contributed by atoms with Crippen LogP contribution in [0.2, 0.25) is 10.6 Å². The van der Waals surface area contributed by atoms with E-state index in [1.807, 2.05) is 20.7 Å². The second-order valence-corrected chi connectivity index (χ2v) is 14.4. The molecule has 29 heavy (non-hydrogen) atoms. The Morgan fingerprint density at radius 2 is 1.55 bits per heavy atom. The maximum absolute atomic E-state index is 12.9. The van der Waals surface area contributed by atoms with Crippen molar-refractivity contribution in [1.29, 1.82) is 0 Å². The van der Waals surface area contributed by atoms with Crippen LogP contribution in [-0.4, -0.2) is 19.5 Å². The monoisotopic (exact) mass is 484 g/mol. The molecule has 1 N–H and O–H groups in total. The number of hydrogen-bond donors (Lipinski definition) is 1. The van der Waals surface area contributed by atoms with Crippen molar-refractivity contribution < 1.29 is 50.3 Å². The molecule has 0 aromatic rings. The van der Waals surface area contributed by atoms with Crippen molar-refractivity contribution in [3.63, 3.8) is 0 Å². The molecule has 0 aromatic carbocycles. The zero-order valence-electron chi connectivity index (χ0n) is 18.1. The van der Waals surface area contributed by atoms with Crippen molar-refractivity contribution in [1.82, 2.24) is 3.80 Å². The Morgan fingerprint density at radius 3 is 2.03 bits per heavy atom. The minimum atomic E-state index is -0.500. The van der Waals surface area contributed by atoms with E-state index in [-0.39, 0.29) is 30.2 Å². The van der Waals surface area contributed by atoms with Crippen LogP contribution >= 0.6 is 0 Å². The summed E-state index contributed by atoms with van der Waals surface area (Å²) in [5, 5.41) is 2.47. The second kappa shape index (κ2) is 6.56. The summed E-state index contributed by atoms with van der Waals surface area (Å²) in [6.45, 7) is 9.80. The van der Waals surface area contributed by atoms with Crippen LogP contribution in [0, 0.1) is 28.1 Å². The Labute approximate surface area is 201 Å². The first-order valence-corrected chi connectivity index (χ1v) is 13.7. The molecule has 2 spiro atoms. The van der Waals surface area contributed by atoms with E-state index in [2.05, 4.69) is 31.5 Å². The Bertz CT molecular complexity index is 873. The Morgan fingerprint density at radius 1 is 0.966 bits per heavy atom. The molecular formula is C23H32Cl2NOSiTi. The average molecular weight is 485 g/mol. The van der Waals surface area contributed by atoms with Crippen LogP contribution < -0.4 is 28.6 Å². The van der Waals surface area contributed by atoms with Gasteiger partial charge in [0.25, 0.3) is 0 Å². The number of amides is 1. The number of hydrogen-bond acceptors (Lipinski definition) is 1. The smallest absolute Gasteiger partial charge is 1.00 e. The fourth-order valence-corrected chi connectivity index (χ4v) is 15.4. The summed E-state index contributed by atoms with van der Waals surface area (Å²) < 4.78 is 3.08. The predicted molar refractivity (Wildman–Crippen MR) is 106 cm³/mol. The van der Waals surface area contributed by atoms with Crippen molar-refractivity contribution in [2.45, 2.75) is 89.6 Å². The number of halogens is 2. The normalized spacial score (nSPS) is 50.8. The zero-order valence-corrected chi connectivity index (χ0v) is 22.1. The van der Waals surface area contributed by atoms with E-state index < -0.39 is 8.41 Å². The van der Waals surface area contributed by atoms with E-state index in [0.29, 0.717) is 21.8 Å². The Kier molecular flexibility index (Phi) is 5.15. The molecule has 0 bridgehead atoms. The maximum atomic E-state index is 12.9. The van der Waals surface area contributed by atoms with Crippen LogP contribution in [0.3, 0.4) is 0 Å². The average Bonchev–Trinajstić information content (AvgIpc) is 3.57. The van der Waals surface area contributed by atoms with Gasteiger partial charge >= 0.3 is 178 Å². The van der Waals surface area contributed by atoms with Gasteiger partial charge in [0.05, 0.1) is 0 Å². The van der Waals surface area contributed by atoms with Gasteiger partial charge in [-0.15, -0.1) is 0 Å². The van der Waals surface area contributed by atoms with Gasteiger partial charge in [0.1, 0.15) is 0 Å². The fraction of sp³-hybridized carbons (Fsp3) is 0.826. The second-order valence-electron chi connectivity index (χ2n) is 10.7. The van der Waals surface area contributed by atoms with Crippen LogP contribution in [0.15, 0.2) is 11.1 Å². The summed E-state index contributed by atoms with van der Waals surface area (Å²) >= 11 is 1.87. The summed E-state index contributed by atoms with van der Waals surface area (Å²) in [6.07, 6.45) is 11.0. The molecule has 6 heteroatoms. The third-order valence-corrected chi connectivity index (χ3v) is 15.4. The molecule has 6 aliphatic rings. The van der Waals surface area contributed by atoms with Crippen molar-refractivity contribution in [3.05, 3.63) is 11.1 Å². The van der Waals surface area contributed by atoms with Gasteiger partial charge in [-0.1, -0.05) is 0 Å². The van der Waals surface area contributed by atoms with Gasteiger partial charge in [-0.05, 0) is 0 Å². The first-order valence-electron chi connectivity index (χ1n) is 11.3. The Hall–Kier alpha value is 0.591. The molecule has 7 atom stereocenters. The van der Waals surface area contributed by atoms with Gasteiger partial charge in [-0.25, -0.2) is 0 Å². The fourth-order valence-electron chi connectivity index (χ4n) is 9.63. The Balaban J connectivity index is 0.00000102. The standard InChI is InChI=1S/C23H33NOSi.2ClH.Ti/c1-13-14(2)16(4)26(15(13)3)21-12-10-8-6-5-7-9-11-20(19(24)25)17-22(20)18(21)23(17,21)22;;;/h15,17-18H,5-12H2,1-4H3,(H2,24,25);2*1H;/q;;;+3/p-3. The van der Waals surface area contributed by atoms with Crippen molar-refractivity contribution in [2.24, 2.45) is 28.1 Å². The molecule has 0 saturated heterocycles. The van der Waals surface area contributed by atoms with E-state index in [9.17, 15) is 4.79 Å². The molecule has 5 fully saturated rings. The topological polar surface area (TPSA) is 29.1 Å². The van der Waals surface area contributed by atoms with E-state index in [1.165, 1.54) is 51.4 Å². The molecule has 2 nitrogen and oxygen atoms in total. The van der Waals surface area contributed by atoms with Crippen molar-refractivity contribution in [2.75, 3.05) is 0 Å². The number of nitrogens with one attached hydrogen (secondary N) is 1. The molecule has 1 amide bonds. The number of carbonyl (C=O) groups is 1. The van der Waals surface area contributed by atoms with Gasteiger partial charge in [0.2, 0.25) is 0 Å². The zero-order chi connectivity index (χ0) is 19.0. The van der Waals surface area contributed by atoms with Crippen LogP contribution in [0.25, 0.3) is 0 Å². The van der Waals surface area contributed by atoms with Crippen molar-refractivity contribution in [3.8, 4) is 0 Å². The van der Waals surface area contributed by atoms with Gasteiger partial charge in [-0.3, -0.25) is 0 Å². The molecule has 5 aliphatic carbocycles. The SMILES string of the molecule is CC1=C(C)C(C)[Si](C23CCCCCCCCC4(C(=O)[NH][Ti+2])C5C46C2C536)=C1C.[Cl-].[Cl-]. The molecule has 7 unspecified atom stereocenters. The molecular weight excluding hydrogens is 453 g/mol. The minimum Gasteiger partial charge on any atom is -1.00 e. The van der Waals surface area contributed by atoms with Crippen LogP contribution in [0.5, 0.6) is 0 Å². The predicted octanol–water partition coefficient (Wildman–Crippen LogP) is -1.30. The molecule has 5 saturated carbocycles. The van der Waals surface area contributed by atoms with Crippen molar-refractivity contribution >= 4 is 19.5 Å². The minimum absolute atomic E-state index is 0. The van der Waals surface area contributed by atoms with Gasteiger partial charge in [0, 0.05) is 0 Å². The molecule has 157 valence electrons. The van der Waals surface area contributed by atoms with E-state index in [1.54, 1.807) is 16.3 Å².